The zero-order chi connectivity index (χ0) is 16.5. The summed E-state index contributed by atoms with van der Waals surface area (Å²) in [7, 11) is 0. The molecular weight excluding hydrogens is 326 g/mol. The number of rotatable bonds is 3. The molecule has 126 valence electrons. The van der Waals surface area contributed by atoms with Gasteiger partial charge in [-0.05, 0) is 18.9 Å². The summed E-state index contributed by atoms with van der Waals surface area (Å²) in [6.07, 6.45) is 8.01. The van der Waals surface area contributed by atoms with Crippen molar-refractivity contribution in [3.05, 3.63) is 34.7 Å². The van der Waals surface area contributed by atoms with E-state index in [1.807, 2.05) is 4.90 Å². The summed E-state index contributed by atoms with van der Waals surface area (Å²) in [5.41, 5.74) is 1.47. The van der Waals surface area contributed by atoms with Gasteiger partial charge in [-0.25, -0.2) is 4.98 Å². The number of furan rings is 1. The van der Waals surface area contributed by atoms with Crippen molar-refractivity contribution in [2.24, 2.45) is 5.92 Å². The van der Waals surface area contributed by atoms with Crippen molar-refractivity contribution in [2.45, 2.75) is 38.6 Å². The lowest BCUT2D eigenvalue weighted by atomic mass is 10.0. The van der Waals surface area contributed by atoms with E-state index in [1.54, 1.807) is 6.07 Å². The molecule has 1 saturated carbocycles. The van der Waals surface area contributed by atoms with Crippen LogP contribution in [0.3, 0.4) is 0 Å². The number of fused-ring (bicyclic) bond motifs is 1. The largest absolute Gasteiger partial charge is 0.472 e. The van der Waals surface area contributed by atoms with Gasteiger partial charge in [-0.15, -0.1) is 0 Å². The van der Waals surface area contributed by atoms with E-state index in [-0.39, 0.29) is 17.7 Å². The fourth-order valence-corrected chi connectivity index (χ4v) is 4.45. The number of anilines is 1. The van der Waals surface area contributed by atoms with E-state index in [4.69, 9.17) is 4.42 Å². The second kappa shape index (κ2) is 6.39. The molecule has 2 aromatic heterocycles. The van der Waals surface area contributed by atoms with Crippen molar-refractivity contribution in [3.63, 3.8) is 0 Å². The Kier molecular flexibility index (Phi) is 4.10. The summed E-state index contributed by atoms with van der Waals surface area (Å²) in [4.78, 5) is 32.2. The van der Waals surface area contributed by atoms with Crippen molar-refractivity contribution < 1.29 is 14.0 Å². The Morgan fingerprint density at radius 2 is 2.17 bits per heavy atom. The fourth-order valence-electron chi connectivity index (χ4n) is 3.43. The number of aromatic nitrogens is 1. The predicted molar refractivity (Wildman–Crippen MR) is 89.9 cm³/mol. The van der Waals surface area contributed by atoms with E-state index in [0.29, 0.717) is 17.2 Å². The lowest BCUT2D eigenvalue weighted by Crippen LogP contribution is -2.38. The second-order valence-electron chi connectivity index (χ2n) is 6.35. The van der Waals surface area contributed by atoms with Crippen LogP contribution in [0.1, 0.15) is 46.6 Å². The van der Waals surface area contributed by atoms with Gasteiger partial charge in [-0.1, -0.05) is 24.2 Å². The SMILES string of the molecule is O=C(Nc1nc2c(s1)CN(C(=O)C1CCCC1)CC2)c1ccoc1. The van der Waals surface area contributed by atoms with E-state index in [1.165, 1.54) is 36.7 Å². The van der Waals surface area contributed by atoms with Gasteiger partial charge in [0.15, 0.2) is 5.13 Å². The first-order valence-corrected chi connectivity index (χ1v) is 9.13. The van der Waals surface area contributed by atoms with Gasteiger partial charge in [0.05, 0.1) is 24.1 Å². The summed E-state index contributed by atoms with van der Waals surface area (Å²) in [6.45, 7) is 1.34. The number of carbonyl (C=O) groups is 2. The Labute approximate surface area is 143 Å². The first-order chi connectivity index (χ1) is 11.7. The van der Waals surface area contributed by atoms with Crippen molar-refractivity contribution in [1.29, 1.82) is 0 Å². The van der Waals surface area contributed by atoms with Crippen LogP contribution in [0.4, 0.5) is 5.13 Å². The minimum atomic E-state index is -0.228. The topological polar surface area (TPSA) is 75.4 Å². The zero-order valence-electron chi connectivity index (χ0n) is 13.3. The van der Waals surface area contributed by atoms with Gasteiger partial charge in [0.25, 0.3) is 5.91 Å². The fraction of sp³-hybridized carbons (Fsp3) is 0.471. The second-order valence-corrected chi connectivity index (χ2v) is 7.43. The molecule has 2 aromatic rings. The van der Waals surface area contributed by atoms with Crippen LogP contribution in [0.2, 0.25) is 0 Å². The molecule has 0 atom stereocenters. The van der Waals surface area contributed by atoms with E-state index >= 15 is 0 Å². The molecule has 6 nitrogen and oxygen atoms in total. The van der Waals surface area contributed by atoms with Crippen LogP contribution in [0.5, 0.6) is 0 Å². The minimum Gasteiger partial charge on any atom is -0.472 e. The highest BCUT2D eigenvalue weighted by molar-refractivity contribution is 7.15. The quantitative estimate of drug-likeness (QED) is 0.928. The van der Waals surface area contributed by atoms with Gasteiger partial charge in [0, 0.05) is 23.8 Å². The maximum atomic E-state index is 12.6. The van der Waals surface area contributed by atoms with Crippen molar-refractivity contribution in [2.75, 3.05) is 11.9 Å². The molecule has 1 aliphatic heterocycles. The predicted octanol–water partition coefficient (Wildman–Crippen LogP) is 3.06. The number of hydrogen-bond donors (Lipinski definition) is 1. The Morgan fingerprint density at radius 3 is 2.92 bits per heavy atom. The number of hydrogen-bond acceptors (Lipinski definition) is 5. The van der Waals surface area contributed by atoms with Crippen molar-refractivity contribution in [1.82, 2.24) is 9.88 Å². The van der Waals surface area contributed by atoms with Crippen LogP contribution in [-0.4, -0.2) is 28.2 Å². The number of nitrogens with one attached hydrogen (secondary N) is 1. The molecule has 1 fully saturated rings. The van der Waals surface area contributed by atoms with Crippen LogP contribution < -0.4 is 5.32 Å². The number of carbonyl (C=O) groups excluding carboxylic acids is 2. The van der Waals surface area contributed by atoms with Gasteiger partial charge < -0.3 is 9.32 Å². The molecule has 2 amide bonds. The summed E-state index contributed by atoms with van der Waals surface area (Å²) < 4.78 is 4.92. The van der Waals surface area contributed by atoms with E-state index < -0.39 is 0 Å². The Morgan fingerprint density at radius 1 is 1.33 bits per heavy atom. The van der Waals surface area contributed by atoms with Gasteiger partial charge in [-0.3, -0.25) is 14.9 Å². The average molecular weight is 345 g/mol. The average Bonchev–Trinajstić information content (AvgIpc) is 3.32. The summed E-state index contributed by atoms with van der Waals surface area (Å²) in [5.74, 6) is 0.268. The number of thiazole rings is 1. The van der Waals surface area contributed by atoms with Crippen LogP contribution in [0, 0.1) is 5.92 Å². The molecule has 0 radical (unpaired) electrons. The molecule has 3 heterocycles. The molecule has 0 unspecified atom stereocenters. The van der Waals surface area contributed by atoms with Gasteiger partial charge in [-0.2, -0.15) is 0 Å². The molecule has 1 N–H and O–H groups in total. The molecule has 24 heavy (non-hydrogen) atoms. The summed E-state index contributed by atoms with van der Waals surface area (Å²) in [5, 5.41) is 3.39. The Bertz CT molecular complexity index is 747. The van der Waals surface area contributed by atoms with E-state index in [9.17, 15) is 9.59 Å². The van der Waals surface area contributed by atoms with Gasteiger partial charge >= 0.3 is 0 Å². The van der Waals surface area contributed by atoms with Crippen molar-refractivity contribution >= 4 is 28.3 Å². The molecule has 4 rings (SSSR count). The van der Waals surface area contributed by atoms with E-state index in [2.05, 4.69) is 10.3 Å². The molecule has 7 heteroatoms. The third kappa shape index (κ3) is 2.96. The van der Waals surface area contributed by atoms with Crippen LogP contribution >= 0.6 is 11.3 Å². The smallest absolute Gasteiger partial charge is 0.260 e. The highest BCUT2D eigenvalue weighted by Crippen LogP contribution is 2.32. The molecule has 0 aromatic carbocycles. The van der Waals surface area contributed by atoms with Gasteiger partial charge in [0.2, 0.25) is 5.91 Å². The molecule has 0 bridgehead atoms. The van der Waals surface area contributed by atoms with E-state index in [0.717, 1.165) is 36.4 Å². The maximum absolute atomic E-state index is 12.6. The standard InChI is InChI=1S/C17H19N3O3S/c21-15(12-6-8-23-10-12)19-17-18-13-5-7-20(9-14(13)24-17)16(22)11-3-1-2-4-11/h6,8,10-11H,1-5,7,9H2,(H,18,19,21). The first-order valence-electron chi connectivity index (χ1n) is 8.31. The zero-order valence-corrected chi connectivity index (χ0v) is 14.1. The highest BCUT2D eigenvalue weighted by Gasteiger charge is 2.30. The van der Waals surface area contributed by atoms with Crippen LogP contribution in [0.25, 0.3) is 0 Å². The molecule has 1 aliphatic carbocycles. The lowest BCUT2D eigenvalue weighted by molar-refractivity contribution is -0.136. The Balaban J connectivity index is 1.44. The Hall–Kier alpha value is -2.15. The van der Waals surface area contributed by atoms with Crippen LogP contribution in [0.15, 0.2) is 23.0 Å². The minimum absolute atomic E-state index is 0.208. The monoisotopic (exact) mass is 345 g/mol. The summed E-state index contributed by atoms with van der Waals surface area (Å²) in [6, 6.07) is 1.62. The third-order valence-corrected chi connectivity index (χ3v) is 5.75. The van der Waals surface area contributed by atoms with Crippen LogP contribution in [-0.2, 0) is 17.8 Å². The molecule has 0 spiro atoms. The molecular formula is C17H19N3O3S. The number of amides is 2. The third-order valence-electron chi connectivity index (χ3n) is 4.75. The van der Waals surface area contributed by atoms with Gasteiger partial charge in [0.1, 0.15) is 6.26 Å². The lowest BCUT2D eigenvalue weighted by Gasteiger charge is -2.28. The molecule has 0 saturated heterocycles. The summed E-state index contributed by atoms with van der Waals surface area (Å²) >= 11 is 1.46. The normalized spacial score (nSPS) is 17.8. The molecule has 2 aliphatic rings. The highest BCUT2D eigenvalue weighted by atomic mass is 32.1. The number of nitrogens with zero attached hydrogens (tertiary/aromatic N) is 2. The maximum Gasteiger partial charge on any atom is 0.260 e. The first kappa shape index (κ1) is 15.4. The van der Waals surface area contributed by atoms with Crippen molar-refractivity contribution in [3.8, 4) is 0 Å².